The molecule has 1 aliphatic rings. The van der Waals surface area contributed by atoms with Crippen molar-refractivity contribution in [2.75, 3.05) is 24.5 Å². The van der Waals surface area contributed by atoms with Gasteiger partial charge in [-0.3, -0.25) is 4.68 Å². The Labute approximate surface area is 154 Å². The van der Waals surface area contributed by atoms with Crippen molar-refractivity contribution < 1.29 is 8.42 Å². The third-order valence-electron chi connectivity index (χ3n) is 4.65. The molecule has 2 aromatic rings. The maximum Gasteiger partial charge on any atom is 0.248 e. The molecule has 0 radical (unpaired) electrons. The highest BCUT2D eigenvalue weighted by Gasteiger charge is 2.36. The number of rotatable bonds is 3. The second-order valence-electron chi connectivity index (χ2n) is 6.57. The summed E-state index contributed by atoms with van der Waals surface area (Å²) >= 11 is 6.18. The van der Waals surface area contributed by atoms with Crippen molar-refractivity contribution in [3.05, 3.63) is 40.7 Å². The first-order valence-electron chi connectivity index (χ1n) is 8.24. The van der Waals surface area contributed by atoms with E-state index in [0.29, 0.717) is 25.3 Å². The van der Waals surface area contributed by atoms with E-state index in [0.717, 1.165) is 5.69 Å². The van der Waals surface area contributed by atoms with Crippen molar-refractivity contribution in [1.82, 2.24) is 14.1 Å². The van der Waals surface area contributed by atoms with E-state index < -0.39 is 10.0 Å². The van der Waals surface area contributed by atoms with Gasteiger partial charge in [0, 0.05) is 38.4 Å². The van der Waals surface area contributed by atoms with Crippen LogP contribution < -0.4 is 4.90 Å². The van der Waals surface area contributed by atoms with Crippen molar-refractivity contribution in [1.29, 1.82) is 0 Å². The van der Waals surface area contributed by atoms with E-state index in [1.165, 1.54) is 14.6 Å². The number of anilines is 1. The molecule has 1 saturated heterocycles. The Bertz CT molecular complexity index is 877. The highest BCUT2D eigenvalue weighted by Crippen LogP contribution is 2.30. The van der Waals surface area contributed by atoms with Crippen LogP contribution in [0.15, 0.2) is 29.2 Å². The van der Waals surface area contributed by atoms with Crippen LogP contribution in [-0.2, 0) is 17.1 Å². The van der Waals surface area contributed by atoms with E-state index >= 15 is 0 Å². The lowest BCUT2D eigenvalue weighted by Gasteiger charge is -2.40. The summed E-state index contributed by atoms with van der Waals surface area (Å²) in [6.07, 6.45) is 0. The summed E-state index contributed by atoms with van der Waals surface area (Å²) in [5.41, 5.74) is 2.76. The lowest BCUT2D eigenvalue weighted by atomic mass is 10.1. The molecule has 0 spiro atoms. The smallest absolute Gasteiger partial charge is 0.248 e. The van der Waals surface area contributed by atoms with Crippen molar-refractivity contribution >= 4 is 27.3 Å². The maximum absolute atomic E-state index is 13.0. The summed E-state index contributed by atoms with van der Waals surface area (Å²) < 4.78 is 29.0. The fraction of sp³-hybridized carbons (Fsp3) is 0.471. The molecule has 3 rings (SSSR count). The zero-order valence-electron chi connectivity index (χ0n) is 14.9. The fourth-order valence-corrected chi connectivity index (χ4v) is 5.51. The summed E-state index contributed by atoms with van der Waals surface area (Å²) in [7, 11) is -2.01. The number of sulfonamides is 1. The Kier molecular flexibility index (Phi) is 4.83. The Balaban J connectivity index is 1.83. The molecule has 25 heavy (non-hydrogen) atoms. The summed E-state index contributed by atoms with van der Waals surface area (Å²) in [4.78, 5) is 2.36. The Hall–Kier alpha value is -1.57. The fourth-order valence-electron chi connectivity index (χ4n) is 3.30. The predicted molar refractivity (Wildman–Crippen MR) is 99.7 cm³/mol. The summed E-state index contributed by atoms with van der Waals surface area (Å²) in [6, 6.07) is 8.38. The molecule has 136 valence electrons. The standard InChI is InChI=1S/C17H23ClN4O2S/c1-12-5-7-15(8-6-12)22-10-9-21(11-13(22)2)25(23,24)16-14(3)19-20(4)17(16)18/h5-8,13H,9-11H2,1-4H3. The van der Waals surface area contributed by atoms with Gasteiger partial charge in [-0.1, -0.05) is 29.3 Å². The number of hydrogen-bond donors (Lipinski definition) is 0. The van der Waals surface area contributed by atoms with Crippen LogP contribution in [0.2, 0.25) is 5.15 Å². The molecule has 8 heteroatoms. The second-order valence-corrected chi connectivity index (χ2v) is 8.80. The first-order chi connectivity index (χ1) is 11.7. The Morgan fingerprint density at radius 2 is 1.80 bits per heavy atom. The molecular formula is C17H23ClN4O2S. The van der Waals surface area contributed by atoms with E-state index in [9.17, 15) is 8.42 Å². The number of aromatic nitrogens is 2. The lowest BCUT2D eigenvalue weighted by Crippen LogP contribution is -2.53. The zero-order valence-corrected chi connectivity index (χ0v) is 16.5. The minimum absolute atomic E-state index is 0.0713. The molecule has 1 atom stereocenters. The van der Waals surface area contributed by atoms with Crippen LogP contribution in [0.1, 0.15) is 18.2 Å². The molecule has 2 heterocycles. The maximum atomic E-state index is 13.0. The van der Waals surface area contributed by atoms with E-state index in [4.69, 9.17) is 11.6 Å². The van der Waals surface area contributed by atoms with Gasteiger partial charge < -0.3 is 4.90 Å². The van der Waals surface area contributed by atoms with Crippen LogP contribution in [0.25, 0.3) is 0 Å². The largest absolute Gasteiger partial charge is 0.366 e. The molecule has 0 bridgehead atoms. The predicted octanol–water partition coefficient (Wildman–Crippen LogP) is 2.59. The molecule has 0 aliphatic carbocycles. The van der Waals surface area contributed by atoms with Crippen LogP contribution in [0.5, 0.6) is 0 Å². The average molecular weight is 383 g/mol. The van der Waals surface area contributed by atoms with Crippen molar-refractivity contribution in [2.45, 2.75) is 31.7 Å². The van der Waals surface area contributed by atoms with E-state index in [-0.39, 0.29) is 16.1 Å². The highest BCUT2D eigenvalue weighted by molar-refractivity contribution is 7.89. The van der Waals surface area contributed by atoms with Crippen LogP contribution >= 0.6 is 11.6 Å². The van der Waals surface area contributed by atoms with Crippen LogP contribution in [0.4, 0.5) is 5.69 Å². The highest BCUT2D eigenvalue weighted by atomic mass is 35.5. The van der Waals surface area contributed by atoms with Gasteiger partial charge >= 0.3 is 0 Å². The number of halogens is 1. The molecule has 1 fully saturated rings. The SMILES string of the molecule is Cc1ccc(N2CCN(S(=O)(=O)c3c(C)nn(C)c3Cl)CC2C)cc1. The molecular weight excluding hydrogens is 360 g/mol. The van der Waals surface area contributed by atoms with Gasteiger partial charge in [-0.15, -0.1) is 0 Å². The van der Waals surface area contributed by atoms with Gasteiger partial charge in [-0.2, -0.15) is 9.40 Å². The first kappa shape index (κ1) is 18.2. The number of hydrogen-bond acceptors (Lipinski definition) is 4. The average Bonchev–Trinajstić information content (AvgIpc) is 2.81. The molecule has 1 aliphatic heterocycles. The monoisotopic (exact) mass is 382 g/mol. The van der Waals surface area contributed by atoms with Gasteiger partial charge in [-0.25, -0.2) is 8.42 Å². The van der Waals surface area contributed by atoms with E-state index in [1.807, 2.05) is 6.92 Å². The Morgan fingerprint density at radius 1 is 1.16 bits per heavy atom. The van der Waals surface area contributed by atoms with E-state index in [1.54, 1.807) is 14.0 Å². The molecule has 1 aromatic carbocycles. The van der Waals surface area contributed by atoms with Crippen molar-refractivity contribution in [2.24, 2.45) is 7.05 Å². The zero-order chi connectivity index (χ0) is 18.4. The minimum Gasteiger partial charge on any atom is -0.366 e. The minimum atomic E-state index is -3.66. The van der Waals surface area contributed by atoms with Crippen LogP contribution in [-0.4, -0.2) is 48.2 Å². The van der Waals surface area contributed by atoms with Crippen LogP contribution in [0.3, 0.4) is 0 Å². The summed E-state index contributed by atoms with van der Waals surface area (Å²) in [6.45, 7) is 7.24. The lowest BCUT2D eigenvalue weighted by molar-refractivity contribution is 0.342. The van der Waals surface area contributed by atoms with Gasteiger partial charge in [0.05, 0.1) is 5.69 Å². The van der Waals surface area contributed by atoms with Gasteiger partial charge in [-0.05, 0) is 32.9 Å². The van der Waals surface area contributed by atoms with Gasteiger partial charge in [0.2, 0.25) is 10.0 Å². The number of benzene rings is 1. The topological polar surface area (TPSA) is 58.4 Å². The Morgan fingerprint density at radius 3 is 2.32 bits per heavy atom. The first-order valence-corrected chi connectivity index (χ1v) is 10.1. The van der Waals surface area contributed by atoms with E-state index in [2.05, 4.69) is 41.2 Å². The van der Waals surface area contributed by atoms with Gasteiger partial charge in [0.25, 0.3) is 0 Å². The normalized spacial score (nSPS) is 19.4. The van der Waals surface area contributed by atoms with Gasteiger partial charge in [0.15, 0.2) is 0 Å². The summed E-state index contributed by atoms with van der Waals surface area (Å²) in [5.74, 6) is 0. The summed E-state index contributed by atoms with van der Waals surface area (Å²) in [5, 5.41) is 4.29. The number of nitrogens with zero attached hydrogens (tertiary/aromatic N) is 4. The third-order valence-corrected chi connectivity index (χ3v) is 7.22. The van der Waals surface area contributed by atoms with Crippen molar-refractivity contribution in [3.8, 4) is 0 Å². The molecule has 1 unspecified atom stereocenters. The quantitative estimate of drug-likeness (QED) is 0.818. The van der Waals surface area contributed by atoms with Gasteiger partial charge in [0.1, 0.15) is 10.0 Å². The second kappa shape index (κ2) is 6.63. The molecule has 0 N–H and O–H groups in total. The third kappa shape index (κ3) is 3.28. The molecule has 1 aromatic heterocycles. The molecule has 6 nitrogen and oxygen atoms in total. The molecule has 0 amide bonds. The van der Waals surface area contributed by atoms with Crippen LogP contribution in [0, 0.1) is 13.8 Å². The van der Waals surface area contributed by atoms with Crippen molar-refractivity contribution in [3.63, 3.8) is 0 Å². The number of piperazine rings is 1. The molecule has 0 saturated carbocycles. The number of aryl methyl sites for hydroxylation is 3.